The van der Waals surface area contributed by atoms with Gasteiger partial charge >= 0.3 is 11.9 Å². The monoisotopic (exact) mass is 380 g/mol. The van der Waals surface area contributed by atoms with Crippen LogP contribution in [0.3, 0.4) is 0 Å². The van der Waals surface area contributed by atoms with Gasteiger partial charge in [-0.2, -0.15) is 0 Å². The largest absolute Gasteiger partial charge is 0.393 e. The van der Waals surface area contributed by atoms with Crippen LogP contribution < -0.4 is 0 Å². The van der Waals surface area contributed by atoms with Gasteiger partial charge in [0.15, 0.2) is 0 Å². The van der Waals surface area contributed by atoms with Crippen LogP contribution >= 0.6 is 0 Å². The fourth-order valence-electron chi connectivity index (χ4n) is 3.09. The molecule has 0 aliphatic carbocycles. The molecule has 0 aliphatic heterocycles. The number of hydrogen-bond donors (Lipinski definition) is 0. The quantitative estimate of drug-likeness (QED) is 0.0999. The first kappa shape index (κ1) is 25.9. The Bertz CT molecular complexity index is 374. The standard InChI is InChI=1S/C24H44O3/c1-3-5-7-8-9-10-11-12-13-14-15-16-17-18-20-22-24(26)27-23(25)21-19-6-4-2/h12-13H,3-11,14-22H2,1-2H3/b13-12-. The van der Waals surface area contributed by atoms with E-state index in [1.165, 1.54) is 64.2 Å². The molecule has 27 heavy (non-hydrogen) atoms. The molecule has 0 saturated heterocycles. The molecule has 0 rings (SSSR count). The van der Waals surface area contributed by atoms with E-state index in [1.807, 2.05) is 0 Å². The molecule has 0 aromatic rings. The minimum Gasteiger partial charge on any atom is -0.393 e. The second-order valence-corrected chi connectivity index (χ2v) is 7.64. The van der Waals surface area contributed by atoms with Crippen molar-refractivity contribution in [1.82, 2.24) is 0 Å². The molecule has 0 bridgehead atoms. The van der Waals surface area contributed by atoms with Gasteiger partial charge in [0.25, 0.3) is 0 Å². The molecule has 0 N–H and O–H groups in total. The van der Waals surface area contributed by atoms with Crippen molar-refractivity contribution in [1.29, 1.82) is 0 Å². The summed E-state index contributed by atoms with van der Waals surface area (Å²) in [5, 5.41) is 0. The average Bonchev–Trinajstić information content (AvgIpc) is 2.65. The Hall–Kier alpha value is -1.12. The van der Waals surface area contributed by atoms with E-state index in [0.29, 0.717) is 12.8 Å². The summed E-state index contributed by atoms with van der Waals surface area (Å²) in [5.74, 6) is -0.713. The van der Waals surface area contributed by atoms with Gasteiger partial charge in [0.05, 0.1) is 0 Å². The molecule has 0 aromatic carbocycles. The lowest BCUT2D eigenvalue weighted by Gasteiger charge is -2.03. The van der Waals surface area contributed by atoms with E-state index in [2.05, 4.69) is 26.0 Å². The van der Waals surface area contributed by atoms with Crippen LogP contribution in [0.4, 0.5) is 0 Å². The fourth-order valence-corrected chi connectivity index (χ4v) is 3.09. The summed E-state index contributed by atoms with van der Waals surface area (Å²) in [5.41, 5.74) is 0. The normalized spacial score (nSPS) is 11.2. The highest BCUT2D eigenvalue weighted by atomic mass is 16.6. The Balaban J connectivity index is 3.31. The summed E-state index contributed by atoms with van der Waals surface area (Å²) in [6, 6.07) is 0. The highest BCUT2D eigenvalue weighted by molar-refractivity contribution is 5.85. The molecule has 0 amide bonds. The number of unbranched alkanes of at least 4 members (excludes halogenated alkanes) is 13. The number of esters is 2. The van der Waals surface area contributed by atoms with Gasteiger partial charge in [0.2, 0.25) is 0 Å². The molecule has 0 saturated carbocycles. The van der Waals surface area contributed by atoms with Crippen molar-refractivity contribution in [2.45, 2.75) is 129 Å². The summed E-state index contributed by atoms with van der Waals surface area (Å²) in [4.78, 5) is 23.0. The lowest BCUT2D eigenvalue weighted by molar-refractivity contribution is -0.159. The van der Waals surface area contributed by atoms with E-state index >= 15 is 0 Å². The second kappa shape index (κ2) is 21.2. The van der Waals surface area contributed by atoms with Crippen LogP contribution in [0.15, 0.2) is 12.2 Å². The van der Waals surface area contributed by atoms with Crippen molar-refractivity contribution < 1.29 is 14.3 Å². The highest BCUT2D eigenvalue weighted by Gasteiger charge is 2.09. The smallest absolute Gasteiger partial charge is 0.313 e. The zero-order valence-electron chi connectivity index (χ0n) is 18.1. The van der Waals surface area contributed by atoms with E-state index in [4.69, 9.17) is 4.74 Å². The molecule has 0 spiro atoms. The van der Waals surface area contributed by atoms with Crippen molar-refractivity contribution in [3.8, 4) is 0 Å². The lowest BCUT2D eigenvalue weighted by atomic mass is 10.1. The summed E-state index contributed by atoms with van der Waals surface area (Å²) < 4.78 is 4.83. The van der Waals surface area contributed by atoms with Gasteiger partial charge in [-0.15, -0.1) is 0 Å². The number of carbonyl (C=O) groups is 2. The second-order valence-electron chi connectivity index (χ2n) is 7.64. The van der Waals surface area contributed by atoms with Crippen LogP contribution in [0, 0.1) is 0 Å². The summed E-state index contributed by atoms with van der Waals surface area (Å²) in [6.45, 7) is 4.35. The van der Waals surface area contributed by atoms with Gasteiger partial charge in [-0.3, -0.25) is 9.59 Å². The molecule has 3 heteroatoms. The number of hydrogen-bond acceptors (Lipinski definition) is 3. The number of ether oxygens (including phenoxy) is 1. The third-order valence-electron chi connectivity index (χ3n) is 4.85. The van der Waals surface area contributed by atoms with Crippen LogP contribution in [0.5, 0.6) is 0 Å². The Kier molecular flexibility index (Phi) is 20.3. The van der Waals surface area contributed by atoms with E-state index < -0.39 is 0 Å². The molecule has 0 radical (unpaired) electrons. The van der Waals surface area contributed by atoms with Crippen LogP contribution in [0.1, 0.15) is 129 Å². The Morgan fingerprint density at radius 1 is 0.556 bits per heavy atom. The zero-order valence-corrected chi connectivity index (χ0v) is 18.1. The summed E-state index contributed by atoms with van der Waals surface area (Å²) >= 11 is 0. The SMILES string of the molecule is CCCCCCCC/C=C\CCCCCCCC(=O)OC(=O)CCCCC. The van der Waals surface area contributed by atoms with Crippen molar-refractivity contribution in [3.05, 3.63) is 12.2 Å². The van der Waals surface area contributed by atoms with Gasteiger partial charge in [0, 0.05) is 12.8 Å². The fraction of sp³-hybridized carbons (Fsp3) is 0.833. The predicted molar refractivity (Wildman–Crippen MR) is 115 cm³/mol. The number of allylic oxidation sites excluding steroid dienone is 2. The first-order valence-electron chi connectivity index (χ1n) is 11.6. The van der Waals surface area contributed by atoms with E-state index in [9.17, 15) is 9.59 Å². The Labute approximate surface area is 168 Å². The van der Waals surface area contributed by atoms with Crippen LogP contribution in [-0.4, -0.2) is 11.9 Å². The molecule has 158 valence electrons. The Morgan fingerprint density at radius 3 is 1.44 bits per heavy atom. The van der Waals surface area contributed by atoms with E-state index in [0.717, 1.165) is 38.5 Å². The topological polar surface area (TPSA) is 43.4 Å². The maximum Gasteiger partial charge on any atom is 0.313 e. The molecule has 0 heterocycles. The molecular weight excluding hydrogens is 336 g/mol. The predicted octanol–water partition coefficient (Wildman–Crippen LogP) is 7.67. The van der Waals surface area contributed by atoms with Crippen molar-refractivity contribution in [2.24, 2.45) is 0 Å². The molecular formula is C24H44O3. The van der Waals surface area contributed by atoms with Crippen molar-refractivity contribution in [2.75, 3.05) is 0 Å². The minimum atomic E-state index is -0.360. The maximum absolute atomic E-state index is 11.6. The van der Waals surface area contributed by atoms with Crippen molar-refractivity contribution in [3.63, 3.8) is 0 Å². The van der Waals surface area contributed by atoms with Gasteiger partial charge in [-0.25, -0.2) is 0 Å². The highest BCUT2D eigenvalue weighted by Crippen LogP contribution is 2.10. The zero-order chi connectivity index (χ0) is 20.0. The third kappa shape index (κ3) is 21.0. The minimum absolute atomic E-state index is 0.353. The summed E-state index contributed by atoms with van der Waals surface area (Å²) in [6.07, 6.45) is 24.4. The van der Waals surface area contributed by atoms with Gasteiger partial charge in [0.1, 0.15) is 0 Å². The summed E-state index contributed by atoms with van der Waals surface area (Å²) in [7, 11) is 0. The lowest BCUT2D eigenvalue weighted by Crippen LogP contribution is -2.11. The third-order valence-corrected chi connectivity index (χ3v) is 4.85. The average molecular weight is 381 g/mol. The van der Waals surface area contributed by atoms with Gasteiger partial charge in [-0.1, -0.05) is 90.2 Å². The van der Waals surface area contributed by atoms with Crippen LogP contribution in [0.25, 0.3) is 0 Å². The number of rotatable bonds is 19. The molecule has 0 aliphatic rings. The molecule has 0 unspecified atom stereocenters. The van der Waals surface area contributed by atoms with Gasteiger partial charge in [-0.05, 0) is 38.5 Å². The van der Waals surface area contributed by atoms with Crippen LogP contribution in [0.2, 0.25) is 0 Å². The molecule has 0 atom stereocenters. The Morgan fingerprint density at radius 2 is 0.926 bits per heavy atom. The first-order valence-corrected chi connectivity index (χ1v) is 11.6. The molecule has 3 nitrogen and oxygen atoms in total. The first-order chi connectivity index (χ1) is 13.2. The maximum atomic E-state index is 11.6. The van der Waals surface area contributed by atoms with Crippen molar-refractivity contribution >= 4 is 11.9 Å². The number of carbonyl (C=O) groups excluding carboxylic acids is 2. The molecule has 0 fully saturated rings. The van der Waals surface area contributed by atoms with E-state index in [-0.39, 0.29) is 11.9 Å². The van der Waals surface area contributed by atoms with E-state index in [1.54, 1.807) is 0 Å². The van der Waals surface area contributed by atoms with Crippen LogP contribution in [-0.2, 0) is 14.3 Å². The molecule has 0 aromatic heterocycles. The van der Waals surface area contributed by atoms with Gasteiger partial charge < -0.3 is 4.74 Å².